The van der Waals surface area contributed by atoms with Gasteiger partial charge in [0, 0.05) is 36.9 Å². The molecule has 3 aliphatic rings. The molecule has 2 N–H and O–H groups in total. The quantitative estimate of drug-likeness (QED) is 0.756. The van der Waals surface area contributed by atoms with Crippen LogP contribution in [0.15, 0.2) is 18.2 Å². The molecule has 0 aromatic heterocycles. The summed E-state index contributed by atoms with van der Waals surface area (Å²) < 4.78 is 16.4. The van der Waals surface area contributed by atoms with Crippen molar-refractivity contribution in [3.05, 3.63) is 18.2 Å². The second-order valence-electron chi connectivity index (χ2n) is 7.17. The highest BCUT2D eigenvalue weighted by Gasteiger charge is 2.43. The molecule has 0 bridgehead atoms. The Morgan fingerprint density at radius 1 is 1.00 bits per heavy atom. The zero-order valence-corrected chi connectivity index (χ0v) is 15.3. The summed E-state index contributed by atoms with van der Waals surface area (Å²) in [6, 6.07) is 5.09. The average molecular weight is 375 g/mol. The third kappa shape index (κ3) is 3.86. The Bertz CT molecular complexity index is 713. The first-order valence-electron chi connectivity index (χ1n) is 9.48. The molecule has 0 unspecified atom stereocenters. The Labute approximate surface area is 158 Å². The Hall–Kier alpha value is -2.32. The van der Waals surface area contributed by atoms with Gasteiger partial charge in [-0.15, -0.1) is 0 Å². The van der Waals surface area contributed by atoms with E-state index < -0.39 is 11.8 Å². The molecule has 146 valence electrons. The van der Waals surface area contributed by atoms with Crippen LogP contribution in [0, 0.1) is 0 Å². The van der Waals surface area contributed by atoms with Gasteiger partial charge in [0.05, 0.1) is 13.2 Å². The van der Waals surface area contributed by atoms with Crippen LogP contribution in [0.3, 0.4) is 0 Å². The van der Waals surface area contributed by atoms with E-state index in [2.05, 4.69) is 15.5 Å². The molecule has 1 saturated heterocycles. The van der Waals surface area contributed by atoms with Crippen molar-refractivity contribution in [3.8, 4) is 11.5 Å². The molecule has 1 aromatic rings. The standard InChI is InChI=1S/C19H25N3O5/c23-17(20-13-19(4-1-5-19)22-6-8-25-9-7-22)18(24)21-14-2-3-15-16(12-14)27-11-10-26-15/h2-3,12H,1,4-11,13H2,(H,20,23)(H,21,24). The van der Waals surface area contributed by atoms with Crippen LogP contribution in [0.2, 0.25) is 0 Å². The molecular formula is C19H25N3O5. The van der Waals surface area contributed by atoms with Crippen molar-refractivity contribution in [1.29, 1.82) is 0 Å². The number of rotatable bonds is 4. The molecule has 2 fully saturated rings. The molecule has 1 aliphatic carbocycles. The lowest BCUT2D eigenvalue weighted by atomic mass is 9.75. The van der Waals surface area contributed by atoms with Crippen molar-refractivity contribution in [2.75, 3.05) is 51.4 Å². The predicted octanol–water partition coefficient (Wildman–Crippen LogP) is 0.767. The molecule has 8 nitrogen and oxygen atoms in total. The van der Waals surface area contributed by atoms with Crippen LogP contribution >= 0.6 is 0 Å². The highest BCUT2D eigenvalue weighted by molar-refractivity contribution is 6.39. The number of nitrogens with one attached hydrogen (secondary N) is 2. The van der Waals surface area contributed by atoms with E-state index in [0.29, 0.717) is 36.9 Å². The summed E-state index contributed by atoms with van der Waals surface area (Å²) in [6.45, 7) is 4.65. The van der Waals surface area contributed by atoms with Gasteiger partial charge in [0.1, 0.15) is 13.2 Å². The molecular weight excluding hydrogens is 350 g/mol. The van der Waals surface area contributed by atoms with Crippen LogP contribution in [-0.4, -0.2) is 68.3 Å². The van der Waals surface area contributed by atoms with E-state index in [1.165, 1.54) is 0 Å². The number of morpholine rings is 1. The number of hydrogen-bond acceptors (Lipinski definition) is 6. The maximum Gasteiger partial charge on any atom is 0.313 e. The second kappa shape index (κ2) is 7.74. The molecule has 27 heavy (non-hydrogen) atoms. The van der Waals surface area contributed by atoms with Crippen LogP contribution in [0.1, 0.15) is 19.3 Å². The topological polar surface area (TPSA) is 89.1 Å². The highest BCUT2D eigenvalue weighted by atomic mass is 16.6. The van der Waals surface area contributed by atoms with Gasteiger partial charge in [-0.25, -0.2) is 0 Å². The van der Waals surface area contributed by atoms with Gasteiger partial charge in [0.25, 0.3) is 0 Å². The van der Waals surface area contributed by atoms with Gasteiger partial charge in [0.15, 0.2) is 11.5 Å². The van der Waals surface area contributed by atoms with Crippen molar-refractivity contribution in [2.24, 2.45) is 0 Å². The van der Waals surface area contributed by atoms with Gasteiger partial charge in [-0.05, 0) is 31.4 Å². The minimum Gasteiger partial charge on any atom is -0.486 e. The minimum absolute atomic E-state index is 0.0310. The summed E-state index contributed by atoms with van der Waals surface area (Å²) >= 11 is 0. The summed E-state index contributed by atoms with van der Waals surface area (Å²) in [7, 11) is 0. The highest BCUT2D eigenvalue weighted by Crippen LogP contribution is 2.37. The SMILES string of the molecule is O=C(NCC1(N2CCOCC2)CCC1)C(=O)Nc1ccc2c(c1)OCCO2. The summed E-state index contributed by atoms with van der Waals surface area (Å²) in [5.41, 5.74) is 0.474. The van der Waals surface area contributed by atoms with Crippen LogP contribution in [-0.2, 0) is 14.3 Å². The predicted molar refractivity (Wildman–Crippen MR) is 98.0 cm³/mol. The van der Waals surface area contributed by atoms with Gasteiger partial charge >= 0.3 is 11.8 Å². The average Bonchev–Trinajstić information content (AvgIpc) is 2.67. The Morgan fingerprint density at radius 3 is 2.44 bits per heavy atom. The van der Waals surface area contributed by atoms with Gasteiger partial charge in [0.2, 0.25) is 0 Å². The fourth-order valence-electron chi connectivity index (χ4n) is 3.86. The summed E-state index contributed by atoms with van der Waals surface area (Å²) in [5, 5.41) is 5.44. The fraction of sp³-hybridized carbons (Fsp3) is 0.579. The maximum atomic E-state index is 12.3. The van der Waals surface area contributed by atoms with Crippen LogP contribution in [0.5, 0.6) is 11.5 Å². The summed E-state index contributed by atoms with van der Waals surface area (Å²) in [4.78, 5) is 26.9. The van der Waals surface area contributed by atoms with E-state index in [1.807, 2.05) is 0 Å². The zero-order chi connectivity index (χ0) is 18.7. The molecule has 2 amide bonds. The summed E-state index contributed by atoms with van der Waals surface area (Å²) in [6.07, 6.45) is 3.23. The first kappa shape index (κ1) is 18.1. The van der Waals surface area contributed by atoms with Crippen molar-refractivity contribution < 1.29 is 23.8 Å². The Morgan fingerprint density at radius 2 is 1.74 bits per heavy atom. The number of nitrogens with zero attached hydrogens (tertiary/aromatic N) is 1. The molecule has 2 heterocycles. The third-order valence-corrected chi connectivity index (χ3v) is 5.55. The summed E-state index contributed by atoms with van der Waals surface area (Å²) in [5.74, 6) is -0.0890. The number of fused-ring (bicyclic) bond motifs is 1. The first-order chi connectivity index (χ1) is 13.2. The van der Waals surface area contributed by atoms with Crippen molar-refractivity contribution in [1.82, 2.24) is 10.2 Å². The Kier molecular flexibility index (Phi) is 5.18. The van der Waals surface area contributed by atoms with Crippen LogP contribution in [0.25, 0.3) is 0 Å². The fourth-order valence-corrected chi connectivity index (χ4v) is 3.86. The van der Waals surface area contributed by atoms with E-state index in [-0.39, 0.29) is 5.54 Å². The Balaban J connectivity index is 1.32. The molecule has 0 radical (unpaired) electrons. The van der Waals surface area contributed by atoms with E-state index in [4.69, 9.17) is 14.2 Å². The monoisotopic (exact) mass is 375 g/mol. The van der Waals surface area contributed by atoms with Gasteiger partial charge < -0.3 is 24.8 Å². The smallest absolute Gasteiger partial charge is 0.313 e. The zero-order valence-electron chi connectivity index (χ0n) is 15.3. The lowest BCUT2D eigenvalue weighted by Crippen LogP contribution is -2.63. The lowest BCUT2D eigenvalue weighted by Gasteiger charge is -2.51. The number of ether oxygens (including phenoxy) is 3. The van der Waals surface area contributed by atoms with Gasteiger partial charge in [-0.1, -0.05) is 0 Å². The molecule has 8 heteroatoms. The molecule has 4 rings (SSSR count). The van der Waals surface area contributed by atoms with Crippen molar-refractivity contribution >= 4 is 17.5 Å². The van der Waals surface area contributed by atoms with E-state index in [9.17, 15) is 9.59 Å². The van der Waals surface area contributed by atoms with Crippen molar-refractivity contribution in [3.63, 3.8) is 0 Å². The number of carbonyl (C=O) groups excluding carboxylic acids is 2. The normalized spacial score (nSPS) is 21.0. The van der Waals surface area contributed by atoms with Crippen LogP contribution in [0.4, 0.5) is 5.69 Å². The van der Waals surface area contributed by atoms with E-state index >= 15 is 0 Å². The minimum atomic E-state index is -0.678. The molecule has 2 aliphatic heterocycles. The van der Waals surface area contributed by atoms with Gasteiger partial charge in [-0.2, -0.15) is 0 Å². The number of carbonyl (C=O) groups is 2. The van der Waals surface area contributed by atoms with Crippen molar-refractivity contribution in [2.45, 2.75) is 24.8 Å². The second-order valence-corrected chi connectivity index (χ2v) is 7.17. The molecule has 0 spiro atoms. The number of hydrogen-bond donors (Lipinski definition) is 2. The van der Waals surface area contributed by atoms with E-state index in [0.717, 1.165) is 45.6 Å². The number of benzene rings is 1. The number of amides is 2. The lowest BCUT2D eigenvalue weighted by molar-refractivity contribution is -0.137. The third-order valence-electron chi connectivity index (χ3n) is 5.55. The molecule has 0 atom stereocenters. The van der Waals surface area contributed by atoms with Gasteiger partial charge in [-0.3, -0.25) is 14.5 Å². The molecule has 1 aromatic carbocycles. The maximum absolute atomic E-state index is 12.3. The largest absolute Gasteiger partial charge is 0.486 e. The van der Waals surface area contributed by atoms with E-state index in [1.54, 1.807) is 18.2 Å². The first-order valence-corrected chi connectivity index (χ1v) is 9.48. The number of anilines is 1. The van der Waals surface area contributed by atoms with Crippen LogP contribution < -0.4 is 20.1 Å². The molecule has 1 saturated carbocycles.